The van der Waals surface area contributed by atoms with Gasteiger partial charge >= 0.3 is 0 Å². The number of halogens is 3. The molecular weight excluding hydrogens is 545 g/mol. The Morgan fingerprint density at radius 1 is 0.950 bits per heavy atom. The van der Waals surface area contributed by atoms with Crippen LogP contribution in [0.1, 0.15) is 10.4 Å². The predicted octanol–water partition coefficient (Wildman–Crippen LogP) is 4.10. The lowest BCUT2D eigenvalue weighted by molar-refractivity contribution is 0.0945. The maximum atomic E-state index is 14.8. The second-order valence-corrected chi connectivity index (χ2v) is 11.8. The summed E-state index contributed by atoms with van der Waals surface area (Å²) in [6, 6.07) is 13.3. The fraction of sp³-hybridized carbons (Fsp3) is 0.214. The molecule has 6 rings (SSSR count). The maximum Gasteiger partial charge on any atom is 0.273 e. The number of ether oxygens (including phenoxy) is 1. The van der Waals surface area contributed by atoms with E-state index in [4.69, 9.17) is 4.74 Å². The fourth-order valence-electron chi connectivity index (χ4n) is 5.09. The first-order chi connectivity index (χ1) is 19.2. The highest BCUT2D eigenvalue weighted by molar-refractivity contribution is 7.91. The van der Waals surface area contributed by atoms with E-state index in [1.165, 1.54) is 12.3 Å². The summed E-state index contributed by atoms with van der Waals surface area (Å²) in [7, 11) is -3.25. The van der Waals surface area contributed by atoms with E-state index >= 15 is 0 Å². The zero-order valence-corrected chi connectivity index (χ0v) is 21.8. The molecule has 0 spiro atoms. The number of benzene rings is 3. The van der Waals surface area contributed by atoms with Crippen molar-refractivity contribution in [2.75, 3.05) is 47.7 Å². The molecule has 3 heterocycles. The fourth-order valence-corrected chi connectivity index (χ4v) is 6.29. The highest BCUT2D eigenvalue weighted by Gasteiger charge is 2.29. The summed E-state index contributed by atoms with van der Waals surface area (Å²) in [5, 5.41) is 2.08. The monoisotopic (exact) mass is 568 g/mol. The van der Waals surface area contributed by atoms with Gasteiger partial charge in [0.15, 0.2) is 21.5 Å². The largest absolute Gasteiger partial charge is 0.489 e. The predicted molar refractivity (Wildman–Crippen MR) is 145 cm³/mol. The maximum absolute atomic E-state index is 14.8. The Bertz CT molecular complexity index is 1750. The third-order valence-electron chi connectivity index (χ3n) is 7.02. The molecule has 0 bridgehead atoms. The Balaban J connectivity index is 1.48. The summed E-state index contributed by atoms with van der Waals surface area (Å²) in [6.07, 6.45) is 1.32. The van der Waals surface area contributed by atoms with Crippen LogP contribution in [0.3, 0.4) is 0 Å². The minimum atomic E-state index is -3.25. The van der Waals surface area contributed by atoms with Gasteiger partial charge in [-0.15, -0.1) is 0 Å². The van der Waals surface area contributed by atoms with Crippen molar-refractivity contribution in [3.05, 3.63) is 83.8 Å². The van der Waals surface area contributed by atoms with Crippen LogP contribution in [0.5, 0.6) is 5.75 Å². The Hall–Kier alpha value is -4.32. The molecule has 1 aromatic heterocycles. The van der Waals surface area contributed by atoms with Crippen LogP contribution in [-0.4, -0.2) is 57.1 Å². The Morgan fingerprint density at radius 2 is 1.73 bits per heavy atom. The topological polar surface area (TPSA) is 91.8 Å². The van der Waals surface area contributed by atoms with E-state index in [2.05, 4.69) is 10.4 Å². The number of pyridine rings is 1. The quantitative estimate of drug-likeness (QED) is 0.371. The molecule has 0 unspecified atom stereocenters. The van der Waals surface area contributed by atoms with Crippen LogP contribution in [-0.2, 0) is 9.84 Å². The van der Waals surface area contributed by atoms with Crippen molar-refractivity contribution < 1.29 is 31.1 Å². The molecule has 206 valence electrons. The van der Waals surface area contributed by atoms with Gasteiger partial charge in [-0.25, -0.2) is 21.6 Å². The van der Waals surface area contributed by atoms with Gasteiger partial charge in [-0.1, -0.05) is 30.3 Å². The molecule has 8 nitrogen and oxygen atoms in total. The molecule has 2 aliphatic heterocycles. The van der Waals surface area contributed by atoms with Crippen molar-refractivity contribution in [3.8, 4) is 16.9 Å². The highest BCUT2D eigenvalue weighted by Crippen LogP contribution is 2.38. The minimum absolute atomic E-state index is 0.113. The van der Waals surface area contributed by atoms with Crippen molar-refractivity contribution in [1.82, 2.24) is 10.4 Å². The van der Waals surface area contributed by atoms with Crippen molar-refractivity contribution in [2.45, 2.75) is 0 Å². The third-order valence-corrected chi connectivity index (χ3v) is 8.63. The van der Waals surface area contributed by atoms with Gasteiger partial charge in [0.2, 0.25) is 0 Å². The molecule has 0 saturated carbocycles. The molecule has 1 N–H and O–H groups in total. The minimum Gasteiger partial charge on any atom is -0.489 e. The smallest absolute Gasteiger partial charge is 0.273 e. The van der Waals surface area contributed by atoms with E-state index in [9.17, 15) is 26.4 Å². The first kappa shape index (κ1) is 25.9. The number of carbonyl (C=O) groups is 1. The number of carbonyl (C=O) groups excluding carboxylic acids is 1. The number of sulfone groups is 1. The van der Waals surface area contributed by atoms with Gasteiger partial charge in [0.1, 0.15) is 18.2 Å². The number of fused-ring (bicyclic) bond motifs is 2. The molecule has 12 heteroatoms. The van der Waals surface area contributed by atoms with Crippen LogP contribution in [0.4, 0.5) is 24.5 Å². The number of amides is 1. The van der Waals surface area contributed by atoms with Gasteiger partial charge < -0.3 is 9.64 Å². The number of nitrogens with zero attached hydrogens (tertiary/aromatic N) is 3. The van der Waals surface area contributed by atoms with Gasteiger partial charge in [-0.2, -0.15) is 0 Å². The van der Waals surface area contributed by atoms with Crippen molar-refractivity contribution in [3.63, 3.8) is 0 Å². The molecular formula is C28H23F3N4O4S. The third kappa shape index (κ3) is 4.68. The molecule has 0 atom stereocenters. The zero-order chi connectivity index (χ0) is 28.0. The van der Waals surface area contributed by atoms with Gasteiger partial charge in [0.25, 0.3) is 5.91 Å². The van der Waals surface area contributed by atoms with Crippen molar-refractivity contribution in [1.29, 1.82) is 0 Å². The van der Waals surface area contributed by atoms with E-state index < -0.39 is 33.2 Å². The zero-order valence-electron chi connectivity index (χ0n) is 21.0. The molecule has 1 saturated heterocycles. The summed E-state index contributed by atoms with van der Waals surface area (Å²) >= 11 is 0. The lowest BCUT2D eigenvalue weighted by Crippen LogP contribution is -2.47. The summed E-state index contributed by atoms with van der Waals surface area (Å²) in [5.41, 5.74) is 4.16. The summed E-state index contributed by atoms with van der Waals surface area (Å²) in [5.74, 6) is -3.63. The second kappa shape index (κ2) is 10.0. The number of aromatic nitrogens is 1. The van der Waals surface area contributed by atoms with Crippen molar-refractivity contribution in [2.24, 2.45) is 0 Å². The number of hydrogen-bond donors (Lipinski definition) is 1. The lowest BCUT2D eigenvalue weighted by atomic mass is 9.98. The van der Waals surface area contributed by atoms with Crippen LogP contribution < -0.4 is 20.1 Å². The van der Waals surface area contributed by atoms with Gasteiger partial charge in [-0.05, 0) is 18.2 Å². The Labute approximate surface area is 227 Å². The number of para-hydroxylation sites is 3. The van der Waals surface area contributed by atoms with E-state index in [1.807, 2.05) is 18.2 Å². The highest BCUT2D eigenvalue weighted by atomic mass is 32.2. The molecule has 0 radical (unpaired) electrons. The van der Waals surface area contributed by atoms with Crippen LogP contribution in [0.2, 0.25) is 0 Å². The lowest BCUT2D eigenvalue weighted by Gasteiger charge is -2.33. The Kier molecular flexibility index (Phi) is 6.49. The van der Waals surface area contributed by atoms with Crippen molar-refractivity contribution >= 4 is 38.0 Å². The number of nitrogens with one attached hydrogen (secondary N) is 1. The molecule has 2 aliphatic rings. The van der Waals surface area contributed by atoms with E-state index in [0.717, 1.165) is 6.07 Å². The molecule has 40 heavy (non-hydrogen) atoms. The summed E-state index contributed by atoms with van der Waals surface area (Å²) in [4.78, 5) is 19.9. The number of hydrazine groups is 1. The summed E-state index contributed by atoms with van der Waals surface area (Å²) in [6.45, 7) is 0.976. The SMILES string of the molecule is O=C(NN1CCOc2ccccc21)c1cnc2c(-c3cc(F)cc(F)c3F)cccc2c1N1CCS(=O)(=O)CC1. The first-order valence-electron chi connectivity index (χ1n) is 12.5. The van der Waals surface area contributed by atoms with E-state index in [-0.39, 0.29) is 46.8 Å². The standard InChI is InChI=1S/C28H23F3N4O4S/c29-17-14-20(25(31)22(30)15-17)18-4-3-5-19-26(18)32-16-21(27(19)34-9-12-40(37,38)13-10-34)28(36)33-35-8-11-39-24-7-2-1-6-23(24)35/h1-7,14-16H,8-13H2,(H,33,36). The van der Waals surface area contributed by atoms with Gasteiger partial charge in [-0.3, -0.25) is 20.2 Å². The number of hydrogen-bond acceptors (Lipinski definition) is 7. The van der Waals surface area contributed by atoms with Crippen LogP contribution >= 0.6 is 0 Å². The average molecular weight is 569 g/mol. The normalized spacial score (nSPS) is 16.4. The van der Waals surface area contributed by atoms with E-state index in [0.29, 0.717) is 41.7 Å². The molecule has 1 fully saturated rings. The molecule has 4 aromatic rings. The van der Waals surface area contributed by atoms with Gasteiger partial charge in [0.05, 0.1) is 40.5 Å². The van der Waals surface area contributed by atoms with Crippen LogP contribution in [0.15, 0.2) is 60.8 Å². The number of anilines is 2. The number of rotatable bonds is 4. The Morgan fingerprint density at radius 3 is 2.52 bits per heavy atom. The van der Waals surface area contributed by atoms with Crippen LogP contribution in [0.25, 0.3) is 22.0 Å². The van der Waals surface area contributed by atoms with Gasteiger partial charge in [0, 0.05) is 41.9 Å². The summed E-state index contributed by atoms with van der Waals surface area (Å²) < 4.78 is 73.0. The molecule has 0 aliphatic carbocycles. The second-order valence-electron chi connectivity index (χ2n) is 9.52. The first-order valence-corrected chi connectivity index (χ1v) is 14.4. The average Bonchev–Trinajstić information content (AvgIpc) is 2.94. The van der Waals surface area contributed by atoms with E-state index in [1.54, 1.807) is 28.1 Å². The van der Waals surface area contributed by atoms with Crippen LogP contribution in [0, 0.1) is 17.5 Å². The molecule has 3 aromatic carbocycles. The molecule has 1 amide bonds.